The molecule has 2 aliphatic rings. The number of halogens is 1. The molecular formula is C22H30BrN3O2. The number of benzene rings is 1. The van der Waals surface area contributed by atoms with Crippen LogP contribution in [0, 0.1) is 23.7 Å². The fourth-order valence-corrected chi connectivity index (χ4v) is 3.98. The molecule has 0 bridgehead atoms. The molecule has 0 aromatic heterocycles. The van der Waals surface area contributed by atoms with E-state index in [0.29, 0.717) is 24.9 Å². The van der Waals surface area contributed by atoms with Gasteiger partial charge >= 0.3 is 5.97 Å². The summed E-state index contributed by atoms with van der Waals surface area (Å²) in [6, 6.07) is 10.0. The first-order valence-electron chi connectivity index (χ1n) is 10.2. The number of hydrogen-bond acceptors (Lipinski definition) is 4. The maximum atomic E-state index is 13.1. The van der Waals surface area contributed by atoms with E-state index in [0.717, 1.165) is 17.9 Å². The van der Waals surface area contributed by atoms with Gasteiger partial charge in [-0.05, 0) is 54.5 Å². The summed E-state index contributed by atoms with van der Waals surface area (Å²) >= 11 is 3.28. The van der Waals surface area contributed by atoms with Crippen molar-refractivity contribution < 1.29 is 9.53 Å². The normalized spacial score (nSPS) is 19.5. The average Bonchev–Trinajstić information content (AvgIpc) is 3.58. The van der Waals surface area contributed by atoms with Crippen molar-refractivity contribution in [2.75, 3.05) is 6.61 Å². The van der Waals surface area contributed by atoms with E-state index in [2.05, 4.69) is 20.9 Å². The van der Waals surface area contributed by atoms with E-state index < -0.39 is 5.92 Å². The first-order valence-corrected chi connectivity index (χ1v) is 11.1. The minimum absolute atomic E-state index is 0.203. The van der Waals surface area contributed by atoms with E-state index in [-0.39, 0.29) is 11.9 Å². The van der Waals surface area contributed by atoms with E-state index >= 15 is 0 Å². The summed E-state index contributed by atoms with van der Waals surface area (Å²) in [6.45, 7) is 2.70. The molecule has 0 spiro atoms. The van der Waals surface area contributed by atoms with Crippen LogP contribution >= 0.6 is 15.9 Å². The predicted octanol–water partition coefficient (Wildman–Crippen LogP) is 4.63. The second-order valence-corrected chi connectivity index (χ2v) is 8.31. The number of aliphatic imine (C=N–C) groups is 1. The van der Waals surface area contributed by atoms with Gasteiger partial charge in [0.1, 0.15) is 11.8 Å². The second-order valence-electron chi connectivity index (χ2n) is 7.79. The summed E-state index contributed by atoms with van der Waals surface area (Å²) in [6.07, 6.45) is 7.60. The molecule has 0 heterocycles. The Balaban J connectivity index is 1.89. The molecule has 152 valence electrons. The molecule has 6 heteroatoms. The highest BCUT2D eigenvalue weighted by Crippen LogP contribution is 2.48. The van der Waals surface area contributed by atoms with Crippen LogP contribution in [0.3, 0.4) is 0 Å². The summed E-state index contributed by atoms with van der Waals surface area (Å²) < 4.78 is 5.49. The molecule has 2 fully saturated rings. The van der Waals surface area contributed by atoms with Crippen molar-refractivity contribution in [3.05, 3.63) is 47.1 Å². The standard InChI is InChI=1S/C22H30BrN3O2/c1-2-28-22(27)20(19(18-10-11-18)14-16-8-9-16)21(25-13-12-23)26(24)15-17-6-4-3-5-7-17/h3-7,12-13,16,18-20H,2,8-11,14-15,24H2,1H3/b13-12+,25-21?. The van der Waals surface area contributed by atoms with Crippen LogP contribution in [0.15, 0.2) is 46.5 Å². The molecule has 3 rings (SSSR count). The van der Waals surface area contributed by atoms with E-state index in [1.165, 1.54) is 25.7 Å². The molecule has 0 radical (unpaired) electrons. The Bertz CT molecular complexity index is 699. The number of rotatable bonds is 10. The third-order valence-corrected chi connectivity index (χ3v) is 5.77. The Kier molecular flexibility index (Phi) is 7.68. The van der Waals surface area contributed by atoms with Crippen molar-refractivity contribution in [3.8, 4) is 0 Å². The monoisotopic (exact) mass is 447 g/mol. The van der Waals surface area contributed by atoms with Crippen LogP contribution in [0.5, 0.6) is 0 Å². The van der Waals surface area contributed by atoms with E-state index in [9.17, 15) is 4.79 Å². The van der Waals surface area contributed by atoms with Crippen LogP contribution in [0.1, 0.15) is 44.6 Å². The first-order chi connectivity index (χ1) is 13.6. The third-order valence-electron chi connectivity index (χ3n) is 5.53. The lowest BCUT2D eigenvalue weighted by Gasteiger charge is -2.31. The predicted molar refractivity (Wildman–Crippen MR) is 115 cm³/mol. The number of nitrogens with zero attached hydrogens (tertiary/aromatic N) is 2. The fourth-order valence-electron chi connectivity index (χ4n) is 3.87. The zero-order chi connectivity index (χ0) is 19.9. The Hall–Kier alpha value is -1.66. The maximum Gasteiger partial charge on any atom is 0.316 e. The summed E-state index contributed by atoms with van der Waals surface area (Å²) in [5.41, 5.74) is 1.08. The van der Waals surface area contributed by atoms with Gasteiger partial charge in [0.25, 0.3) is 0 Å². The largest absolute Gasteiger partial charge is 0.465 e. The van der Waals surface area contributed by atoms with Gasteiger partial charge in [0.15, 0.2) is 0 Å². The van der Waals surface area contributed by atoms with Gasteiger partial charge in [-0.25, -0.2) is 10.8 Å². The lowest BCUT2D eigenvalue weighted by Crippen LogP contribution is -2.47. The van der Waals surface area contributed by atoms with Crippen molar-refractivity contribution >= 4 is 27.7 Å². The lowest BCUT2D eigenvalue weighted by atomic mass is 9.82. The number of nitrogens with two attached hydrogens (primary N) is 1. The van der Waals surface area contributed by atoms with Gasteiger partial charge in [0.05, 0.1) is 13.2 Å². The summed E-state index contributed by atoms with van der Waals surface area (Å²) in [7, 11) is 0. The van der Waals surface area contributed by atoms with E-state index in [1.807, 2.05) is 37.3 Å². The Morgan fingerprint density at radius 2 is 2.04 bits per heavy atom. The molecule has 2 atom stereocenters. The summed E-state index contributed by atoms with van der Waals surface area (Å²) in [5, 5.41) is 1.62. The minimum atomic E-state index is -0.425. The molecule has 2 aliphatic carbocycles. The molecule has 2 unspecified atom stereocenters. The number of amidine groups is 1. The van der Waals surface area contributed by atoms with Crippen LogP contribution < -0.4 is 5.84 Å². The van der Waals surface area contributed by atoms with Crippen LogP contribution in [0.2, 0.25) is 0 Å². The molecule has 0 saturated heterocycles. The third kappa shape index (κ3) is 5.92. The molecule has 0 amide bonds. The average molecular weight is 448 g/mol. The number of ether oxygens (including phenoxy) is 1. The Labute approximate surface area is 176 Å². The second kappa shape index (κ2) is 10.2. The van der Waals surface area contributed by atoms with Gasteiger partial charge in [-0.2, -0.15) is 0 Å². The lowest BCUT2D eigenvalue weighted by molar-refractivity contribution is -0.147. The van der Waals surface area contributed by atoms with Crippen molar-refractivity contribution in [2.24, 2.45) is 34.5 Å². The molecular weight excluding hydrogens is 418 g/mol. The fraction of sp³-hybridized carbons (Fsp3) is 0.545. The number of hydrogen-bond donors (Lipinski definition) is 1. The summed E-state index contributed by atoms with van der Waals surface area (Å²) in [5.74, 6) is 7.99. The Morgan fingerprint density at radius 3 is 2.61 bits per heavy atom. The first kappa shape index (κ1) is 21.1. The zero-order valence-electron chi connectivity index (χ0n) is 16.5. The van der Waals surface area contributed by atoms with Gasteiger partial charge in [-0.3, -0.25) is 9.80 Å². The number of hydrazine groups is 1. The highest BCUT2D eigenvalue weighted by atomic mass is 79.9. The molecule has 0 aliphatic heterocycles. The molecule has 1 aromatic rings. The quantitative estimate of drug-likeness (QED) is 0.186. The zero-order valence-corrected chi connectivity index (χ0v) is 18.1. The van der Waals surface area contributed by atoms with E-state index in [1.54, 1.807) is 16.2 Å². The van der Waals surface area contributed by atoms with Gasteiger partial charge < -0.3 is 4.74 Å². The SMILES string of the molecule is CCOC(=O)C(C(=N/C=C/Br)N(N)Cc1ccccc1)C(CC1CC1)C1CC1. The minimum Gasteiger partial charge on any atom is -0.465 e. The Morgan fingerprint density at radius 1 is 1.32 bits per heavy atom. The molecule has 2 saturated carbocycles. The molecule has 2 N–H and O–H groups in total. The van der Waals surface area contributed by atoms with Gasteiger partial charge in [-0.1, -0.05) is 59.1 Å². The molecule has 1 aromatic carbocycles. The van der Waals surface area contributed by atoms with Crippen LogP contribution in [0.25, 0.3) is 0 Å². The molecule has 28 heavy (non-hydrogen) atoms. The number of esters is 1. The van der Waals surface area contributed by atoms with Crippen molar-refractivity contribution in [1.29, 1.82) is 0 Å². The molecule has 5 nitrogen and oxygen atoms in total. The number of carbonyl (C=O) groups excluding carboxylic acids is 1. The van der Waals surface area contributed by atoms with Crippen LogP contribution in [0.4, 0.5) is 0 Å². The van der Waals surface area contributed by atoms with Gasteiger partial charge in [0.2, 0.25) is 0 Å². The highest BCUT2D eigenvalue weighted by Gasteiger charge is 2.46. The van der Waals surface area contributed by atoms with Crippen LogP contribution in [-0.4, -0.2) is 23.4 Å². The smallest absolute Gasteiger partial charge is 0.316 e. The number of carbonyl (C=O) groups is 1. The maximum absolute atomic E-state index is 13.1. The van der Waals surface area contributed by atoms with Gasteiger partial charge in [-0.15, -0.1) is 0 Å². The summed E-state index contributed by atoms with van der Waals surface area (Å²) in [4.78, 5) is 19.3. The van der Waals surface area contributed by atoms with Crippen molar-refractivity contribution in [3.63, 3.8) is 0 Å². The van der Waals surface area contributed by atoms with Crippen molar-refractivity contribution in [2.45, 2.75) is 45.6 Å². The van der Waals surface area contributed by atoms with Crippen LogP contribution in [-0.2, 0) is 16.1 Å². The topological polar surface area (TPSA) is 67.9 Å². The van der Waals surface area contributed by atoms with Crippen molar-refractivity contribution in [1.82, 2.24) is 5.01 Å². The van der Waals surface area contributed by atoms with Gasteiger partial charge in [0, 0.05) is 6.20 Å². The van der Waals surface area contributed by atoms with E-state index in [4.69, 9.17) is 10.6 Å². The highest BCUT2D eigenvalue weighted by molar-refractivity contribution is 9.11.